The van der Waals surface area contributed by atoms with Crippen molar-refractivity contribution < 1.29 is 12.8 Å². The van der Waals surface area contributed by atoms with Crippen molar-refractivity contribution in [1.82, 2.24) is 15.5 Å². The first-order valence-electron chi connectivity index (χ1n) is 5.10. The Balaban J connectivity index is 2.07. The van der Waals surface area contributed by atoms with Crippen LogP contribution >= 0.6 is 0 Å². The van der Waals surface area contributed by atoms with E-state index in [-0.39, 0.29) is 6.01 Å². The van der Waals surface area contributed by atoms with Crippen LogP contribution in [0.25, 0.3) is 0 Å². The van der Waals surface area contributed by atoms with Gasteiger partial charge in [-0.05, 0) is 19.4 Å². The van der Waals surface area contributed by atoms with E-state index >= 15 is 0 Å². The summed E-state index contributed by atoms with van der Waals surface area (Å²) >= 11 is 0. The van der Waals surface area contributed by atoms with Gasteiger partial charge >= 0.3 is 6.01 Å². The topological polar surface area (TPSA) is 97.1 Å². The van der Waals surface area contributed by atoms with Gasteiger partial charge in [-0.25, -0.2) is 13.1 Å². The molecule has 7 nitrogen and oxygen atoms in total. The number of anilines is 1. The van der Waals surface area contributed by atoms with Gasteiger partial charge in [-0.15, -0.1) is 5.10 Å². The van der Waals surface area contributed by atoms with Gasteiger partial charge in [0.1, 0.15) is 0 Å². The lowest BCUT2D eigenvalue weighted by atomic mass is 10.2. The van der Waals surface area contributed by atoms with Crippen LogP contribution in [-0.2, 0) is 10.0 Å². The molecule has 0 bridgehead atoms. The molecule has 0 amide bonds. The number of aryl methyl sites for hydroxylation is 1. The maximum absolute atomic E-state index is 11.9. The highest BCUT2D eigenvalue weighted by Crippen LogP contribution is 2.15. The first-order valence-corrected chi connectivity index (χ1v) is 6.65. The SMILES string of the molecule is Cc1nnc(NS(=O)(=O)C2CCCNC2)o1. The Labute approximate surface area is 93.7 Å². The van der Waals surface area contributed by atoms with Crippen LogP contribution in [0.3, 0.4) is 0 Å². The largest absolute Gasteiger partial charge is 0.408 e. The van der Waals surface area contributed by atoms with Crippen LogP contribution in [0.2, 0.25) is 0 Å². The van der Waals surface area contributed by atoms with E-state index in [1.54, 1.807) is 6.92 Å². The first kappa shape index (κ1) is 11.3. The van der Waals surface area contributed by atoms with E-state index < -0.39 is 15.3 Å². The fourth-order valence-electron chi connectivity index (χ4n) is 1.63. The molecule has 1 saturated heterocycles. The summed E-state index contributed by atoms with van der Waals surface area (Å²) in [6.07, 6.45) is 1.50. The Morgan fingerprint density at radius 3 is 2.88 bits per heavy atom. The van der Waals surface area contributed by atoms with Gasteiger partial charge in [-0.2, -0.15) is 0 Å². The van der Waals surface area contributed by atoms with Crippen molar-refractivity contribution >= 4 is 16.0 Å². The summed E-state index contributed by atoms with van der Waals surface area (Å²) in [5.41, 5.74) is 0. The second-order valence-corrected chi connectivity index (χ2v) is 5.70. The van der Waals surface area contributed by atoms with E-state index in [1.807, 2.05) is 0 Å². The van der Waals surface area contributed by atoms with Crippen molar-refractivity contribution in [1.29, 1.82) is 0 Å². The normalized spacial score (nSPS) is 21.9. The lowest BCUT2D eigenvalue weighted by Gasteiger charge is -2.22. The van der Waals surface area contributed by atoms with Gasteiger partial charge in [0.05, 0.1) is 5.25 Å². The molecule has 1 unspecified atom stereocenters. The van der Waals surface area contributed by atoms with Crippen LogP contribution in [-0.4, -0.2) is 37.0 Å². The molecule has 1 aromatic heterocycles. The van der Waals surface area contributed by atoms with Crippen molar-refractivity contribution in [3.8, 4) is 0 Å². The molecule has 0 aromatic carbocycles. The van der Waals surface area contributed by atoms with Crippen molar-refractivity contribution in [2.24, 2.45) is 0 Å². The van der Waals surface area contributed by atoms with Gasteiger partial charge in [-0.1, -0.05) is 5.10 Å². The summed E-state index contributed by atoms with van der Waals surface area (Å²) in [5.74, 6) is 0.333. The molecule has 2 rings (SSSR count). The fourth-order valence-corrected chi connectivity index (χ4v) is 2.93. The van der Waals surface area contributed by atoms with Crippen LogP contribution in [0.4, 0.5) is 6.01 Å². The highest BCUT2D eigenvalue weighted by molar-refractivity contribution is 7.93. The first-order chi connectivity index (χ1) is 7.58. The second-order valence-electron chi connectivity index (χ2n) is 3.74. The Bertz CT molecular complexity index is 450. The molecular formula is C8H14N4O3S. The molecule has 1 aliphatic heterocycles. The maximum atomic E-state index is 11.9. The zero-order valence-corrected chi connectivity index (χ0v) is 9.75. The lowest BCUT2D eigenvalue weighted by molar-refractivity contribution is 0.496. The van der Waals surface area contributed by atoms with E-state index in [1.165, 1.54) is 0 Å². The molecule has 2 heterocycles. The molecule has 1 aliphatic rings. The summed E-state index contributed by atoms with van der Waals surface area (Å²) in [6.45, 7) is 2.93. The number of hydrogen-bond acceptors (Lipinski definition) is 6. The minimum absolute atomic E-state index is 0.0666. The van der Waals surface area contributed by atoms with Gasteiger partial charge in [-0.3, -0.25) is 0 Å². The summed E-state index contributed by atoms with van der Waals surface area (Å²) in [6, 6.07) is -0.0666. The van der Waals surface area contributed by atoms with Crippen LogP contribution in [0.5, 0.6) is 0 Å². The van der Waals surface area contributed by atoms with Crippen molar-refractivity contribution in [3.63, 3.8) is 0 Å². The maximum Gasteiger partial charge on any atom is 0.329 e. The van der Waals surface area contributed by atoms with Gasteiger partial charge in [0.25, 0.3) is 0 Å². The lowest BCUT2D eigenvalue weighted by Crippen LogP contribution is -2.41. The summed E-state index contributed by atoms with van der Waals surface area (Å²) < 4.78 is 31.0. The number of aromatic nitrogens is 2. The molecule has 1 aromatic rings. The van der Waals surface area contributed by atoms with Gasteiger partial charge in [0.15, 0.2) is 0 Å². The highest BCUT2D eigenvalue weighted by atomic mass is 32.2. The Hall–Kier alpha value is -1.15. The zero-order chi connectivity index (χ0) is 11.6. The predicted octanol–water partition coefficient (Wildman–Crippen LogP) is -0.128. The third-order valence-electron chi connectivity index (χ3n) is 2.45. The van der Waals surface area contributed by atoms with Gasteiger partial charge < -0.3 is 9.73 Å². The Morgan fingerprint density at radius 1 is 1.50 bits per heavy atom. The number of piperidine rings is 1. The van der Waals surface area contributed by atoms with E-state index in [2.05, 4.69) is 20.2 Å². The summed E-state index contributed by atoms with van der Waals surface area (Å²) in [7, 11) is -3.43. The molecule has 0 radical (unpaired) electrons. The standard InChI is InChI=1S/C8H14N4O3S/c1-6-10-11-8(15-6)12-16(13,14)7-3-2-4-9-5-7/h7,9H,2-5H2,1H3,(H,11,12). The van der Waals surface area contributed by atoms with Crippen molar-refractivity contribution in [3.05, 3.63) is 5.89 Å². The van der Waals surface area contributed by atoms with E-state index in [4.69, 9.17) is 4.42 Å². The molecular weight excluding hydrogens is 232 g/mol. The molecule has 0 spiro atoms. The second kappa shape index (κ2) is 4.38. The van der Waals surface area contributed by atoms with Crippen molar-refractivity contribution in [2.45, 2.75) is 25.0 Å². The number of hydrogen-bond donors (Lipinski definition) is 2. The molecule has 8 heteroatoms. The number of sulfonamides is 1. The minimum atomic E-state index is -3.43. The molecule has 0 saturated carbocycles. The average molecular weight is 246 g/mol. The van der Waals surface area contributed by atoms with E-state index in [9.17, 15) is 8.42 Å². The van der Waals surface area contributed by atoms with Crippen LogP contribution in [0, 0.1) is 6.92 Å². The highest BCUT2D eigenvalue weighted by Gasteiger charge is 2.28. The molecule has 1 atom stereocenters. The van der Waals surface area contributed by atoms with Crippen LogP contribution < -0.4 is 10.0 Å². The molecule has 16 heavy (non-hydrogen) atoms. The Morgan fingerprint density at radius 2 is 2.31 bits per heavy atom. The smallest absolute Gasteiger partial charge is 0.329 e. The van der Waals surface area contributed by atoms with E-state index in [0.717, 1.165) is 13.0 Å². The number of nitrogens with one attached hydrogen (secondary N) is 2. The molecule has 1 fully saturated rings. The van der Waals surface area contributed by atoms with Gasteiger partial charge in [0, 0.05) is 13.5 Å². The number of rotatable bonds is 3. The fraction of sp³-hybridized carbons (Fsp3) is 0.750. The molecule has 2 N–H and O–H groups in total. The Kier molecular flexibility index (Phi) is 3.10. The molecule has 90 valence electrons. The third-order valence-corrected chi connectivity index (χ3v) is 4.19. The summed E-state index contributed by atoms with van der Waals surface area (Å²) in [4.78, 5) is 0. The zero-order valence-electron chi connectivity index (χ0n) is 8.93. The third kappa shape index (κ3) is 2.50. The quantitative estimate of drug-likeness (QED) is 0.771. The molecule has 0 aliphatic carbocycles. The number of nitrogens with zero attached hydrogens (tertiary/aromatic N) is 2. The van der Waals surface area contributed by atoms with Crippen LogP contribution in [0.15, 0.2) is 4.42 Å². The van der Waals surface area contributed by atoms with Crippen molar-refractivity contribution in [2.75, 3.05) is 17.8 Å². The van der Waals surface area contributed by atoms with E-state index in [0.29, 0.717) is 18.9 Å². The summed E-state index contributed by atoms with van der Waals surface area (Å²) in [5, 5.41) is 9.76. The van der Waals surface area contributed by atoms with Gasteiger partial charge in [0.2, 0.25) is 15.9 Å². The average Bonchev–Trinajstić information content (AvgIpc) is 2.64. The predicted molar refractivity (Wildman–Crippen MR) is 57.5 cm³/mol. The minimum Gasteiger partial charge on any atom is -0.408 e. The monoisotopic (exact) mass is 246 g/mol. The van der Waals surface area contributed by atoms with Crippen LogP contribution in [0.1, 0.15) is 18.7 Å².